The molecule has 0 spiro atoms. The van der Waals surface area contributed by atoms with Crippen LogP contribution in [0.3, 0.4) is 0 Å². The fourth-order valence-corrected chi connectivity index (χ4v) is 3.54. The van der Waals surface area contributed by atoms with Gasteiger partial charge in [0, 0.05) is 19.1 Å². The molecule has 108 valence electrons. The molecule has 0 aliphatic carbocycles. The van der Waals surface area contributed by atoms with Gasteiger partial charge >= 0.3 is 0 Å². The first-order valence-electron chi connectivity index (χ1n) is 6.57. The van der Waals surface area contributed by atoms with Crippen LogP contribution in [-0.4, -0.2) is 38.7 Å². The van der Waals surface area contributed by atoms with Crippen LogP contribution in [0.25, 0.3) is 0 Å². The summed E-state index contributed by atoms with van der Waals surface area (Å²) < 4.78 is 31.0. The van der Waals surface area contributed by atoms with Crippen molar-refractivity contribution in [2.24, 2.45) is 11.8 Å². The van der Waals surface area contributed by atoms with Gasteiger partial charge in [-0.1, -0.05) is 13.8 Å². The molecule has 0 bridgehead atoms. The highest BCUT2D eigenvalue weighted by molar-refractivity contribution is 7.88. The Kier molecular flexibility index (Phi) is 4.32. The van der Waals surface area contributed by atoms with Gasteiger partial charge in [-0.2, -0.15) is 0 Å². The largest absolute Gasteiger partial charge is 0.468 e. The lowest BCUT2D eigenvalue weighted by Crippen LogP contribution is -2.41. The predicted molar refractivity (Wildman–Crippen MR) is 74.1 cm³/mol. The van der Waals surface area contributed by atoms with Gasteiger partial charge in [-0.25, -0.2) is 13.1 Å². The molecule has 2 rings (SSSR count). The van der Waals surface area contributed by atoms with Crippen molar-refractivity contribution in [2.75, 3.05) is 19.3 Å². The molecule has 0 unspecified atom stereocenters. The average Bonchev–Trinajstić information content (AvgIpc) is 2.86. The van der Waals surface area contributed by atoms with Crippen LogP contribution in [0.15, 0.2) is 22.8 Å². The molecule has 1 aromatic heterocycles. The molecule has 19 heavy (non-hydrogen) atoms. The quantitative estimate of drug-likeness (QED) is 0.886. The molecule has 6 heteroatoms. The molecule has 0 saturated carbocycles. The summed E-state index contributed by atoms with van der Waals surface area (Å²) in [5.74, 6) is 1.70. The molecule has 1 aromatic rings. The smallest absolute Gasteiger partial charge is 0.209 e. The van der Waals surface area contributed by atoms with Crippen LogP contribution in [0.4, 0.5) is 0 Å². The molecule has 0 amide bonds. The van der Waals surface area contributed by atoms with Crippen molar-refractivity contribution in [3.8, 4) is 0 Å². The first-order chi connectivity index (χ1) is 8.85. The van der Waals surface area contributed by atoms with Gasteiger partial charge in [0.15, 0.2) is 0 Å². The third-order valence-electron chi connectivity index (χ3n) is 3.62. The normalized spacial score (nSPS) is 25.3. The summed E-state index contributed by atoms with van der Waals surface area (Å²) in [6.07, 6.45) is 2.89. The van der Waals surface area contributed by atoms with E-state index in [2.05, 4.69) is 23.5 Å². The highest BCUT2D eigenvalue weighted by Gasteiger charge is 2.36. The highest BCUT2D eigenvalue weighted by atomic mass is 32.2. The molecule has 1 N–H and O–H groups in total. The standard InChI is InChI=1S/C13H22N2O3S/c1-10(2)12-8-15(7-11-5-4-6-18-11)9-13(12)14-19(3,16)17/h4-6,10,12-14H,7-9H2,1-3H3/t12-,13+/m0/s1. The Balaban J connectivity index is 2.03. The van der Waals surface area contributed by atoms with Gasteiger partial charge in [-0.15, -0.1) is 0 Å². The molecule has 1 aliphatic heterocycles. The maximum atomic E-state index is 11.4. The Hall–Kier alpha value is -0.850. The Morgan fingerprint density at radius 1 is 1.47 bits per heavy atom. The van der Waals surface area contributed by atoms with E-state index >= 15 is 0 Å². The van der Waals surface area contributed by atoms with Crippen molar-refractivity contribution in [2.45, 2.75) is 26.4 Å². The van der Waals surface area contributed by atoms with E-state index in [1.165, 1.54) is 6.26 Å². The molecule has 0 radical (unpaired) electrons. The van der Waals surface area contributed by atoms with Crippen LogP contribution < -0.4 is 4.72 Å². The summed E-state index contributed by atoms with van der Waals surface area (Å²) in [7, 11) is -3.16. The van der Waals surface area contributed by atoms with Gasteiger partial charge < -0.3 is 4.42 Å². The third-order valence-corrected chi connectivity index (χ3v) is 4.35. The van der Waals surface area contributed by atoms with Crippen molar-refractivity contribution < 1.29 is 12.8 Å². The van der Waals surface area contributed by atoms with Crippen LogP contribution in [0, 0.1) is 11.8 Å². The lowest BCUT2D eigenvalue weighted by atomic mass is 9.92. The Morgan fingerprint density at radius 3 is 2.74 bits per heavy atom. The zero-order valence-corrected chi connectivity index (χ0v) is 12.5. The van der Waals surface area contributed by atoms with Gasteiger partial charge in [0.1, 0.15) is 5.76 Å². The van der Waals surface area contributed by atoms with Crippen LogP contribution in [-0.2, 0) is 16.6 Å². The van der Waals surface area contributed by atoms with Crippen molar-refractivity contribution in [1.29, 1.82) is 0 Å². The van der Waals surface area contributed by atoms with Crippen LogP contribution in [0.2, 0.25) is 0 Å². The van der Waals surface area contributed by atoms with Crippen LogP contribution in [0.1, 0.15) is 19.6 Å². The lowest BCUT2D eigenvalue weighted by molar-refractivity contribution is 0.273. The SMILES string of the molecule is CC(C)[C@@H]1CN(Cc2ccco2)C[C@H]1NS(C)(=O)=O. The molecule has 1 aliphatic rings. The second-order valence-corrected chi connectivity index (χ2v) is 7.46. The van der Waals surface area contributed by atoms with E-state index in [9.17, 15) is 8.42 Å². The number of nitrogens with zero attached hydrogens (tertiary/aromatic N) is 1. The summed E-state index contributed by atoms with van der Waals surface area (Å²) in [4.78, 5) is 2.24. The van der Waals surface area contributed by atoms with Crippen molar-refractivity contribution in [3.05, 3.63) is 24.2 Å². The number of nitrogens with one attached hydrogen (secondary N) is 1. The van der Waals surface area contributed by atoms with Crippen LogP contribution >= 0.6 is 0 Å². The summed E-state index contributed by atoms with van der Waals surface area (Å²) >= 11 is 0. The van der Waals surface area contributed by atoms with E-state index in [-0.39, 0.29) is 6.04 Å². The number of hydrogen-bond acceptors (Lipinski definition) is 4. The summed E-state index contributed by atoms with van der Waals surface area (Å²) in [6.45, 7) is 6.64. The van der Waals surface area contributed by atoms with E-state index < -0.39 is 10.0 Å². The monoisotopic (exact) mass is 286 g/mol. The molecule has 0 aromatic carbocycles. The molecular weight excluding hydrogens is 264 g/mol. The fraction of sp³-hybridized carbons (Fsp3) is 0.692. The minimum Gasteiger partial charge on any atom is -0.468 e. The maximum absolute atomic E-state index is 11.4. The van der Waals surface area contributed by atoms with Crippen molar-refractivity contribution in [3.63, 3.8) is 0 Å². The number of likely N-dealkylation sites (tertiary alicyclic amines) is 1. The summed E-state index contributed by atoms with van der Waals surface area (Å²) in [5, 5.41) is 0. The summed E-state index contributed by atoms with van der Waals surface area (Å²) in [6, 6.07) is 3.81. The molecular formula is C13H22N2O3S. The number of rotatable bonds is 5. The van der Waals surface area contributed by atoms with Crippen molar-refractivity contribution >= 4 is 10.0 Å². The van der Waals surface area contributed by atoms with E-state index in [1.807, 2.05) is 12.1 Å². The Morgan fingerprint density at radius 2 is 2.21 bits per heavy atom. The zero-order valence-electron chi connectivity index (χ0n) is 11.7. The predicted octanol–water partition coefficient (Wildman–Crippen LogP) is 1.29. The van der Waals surface area contributed by atoms with Crippen molar-refractivity contribution in [1.82, 2.24) is 9.62 Å². The van der Waals surface area contributed by atoms with E-state index in [0.717, 1.165) is 25.4 Å². The summed E-state index contributed by atoms with van der Waals surface area (Å²) in [5.41, 5.74) is 0. The molecule has 5 nitrogen and oxygen atoms in total. The fourth-order valence-electron chi connectivity index (χ4n) is 2.74. The minimum atomic E-state index is -3.16. The van der Waals surface area contributed by atoms with E-state index in [4.69, 9.17) is 4.42 Å². The maximum Gasteiger partial charge on any atom is 0.209 e. The minimum absolute atomic E-state index is 0.00929. The Bertz CT molecular complexity index is 496. The average molecular weight is 286 g/mol. The van der Waals surface area contributed by atoms with Gasteiger partial charge in [-0.3, -0.25) is 4.90 Å². The second-order valence-electron chi connectivity index (χ2n) is 5.68. The second kappa shape index (κ2) is 5.64. The van der Waals surface area contributed by atoms with Gasteiger partial charge in [0.05, 0.1) is 19.1 Å². The zero-order chi connectivity index (χ0) is 14.0. The first-order valence-corrected chi connectivity index (χ1v) is 8.46. The Labute approximate surface area is 115 Å². The highest BCUT2D eigenvalue weighted by Crippen LogP contribution is 2.26. The number of furan rings is 1. The molecule has 1 fully saturated rings. The van der Waals surface area contributed by atoms with Crippen LogP contribution in [0.5, 0.6) is 0 Å². The topological polar surface area (TPSA) is 62.6 Å². The number of hydrogen-bond donors (Lipinski definition) is 1. The van der Waals surface area contributed by atoms with E-state index in [0.29, 0.717) is 11.8 Å². The third kappa shape index (κ3) is 4.06. The molecule has 1 saturated heterocycles. The number of sulfonamides is 1. The van der Waals surface area contributed by atoms with Gasteiger partial charge in [-0.05, 0) is 24.0 Å². The first kappa shape index (κ1) is 14.6. The lowest BCUT2D eigenvalue weighted by Gasteiger charge is -2.21. The van der Waals surface area contributed by atoms with Gasteiger partial charge in [0.2, 0.25) is 10.0 Å². The van der Waals surface area contributed by atoms with E-state index in [1.54, 1.807) is 6.26 Å². The van der Waals surface area contributed by atoms with Gasteiger partial charge in [0.25, 0.3) is 0 Å². The molecule has 2 atom stereocenters. The molecule has 2 heterocycles.